The van der Waals surface area contributed by atoms with Crippen LogP contribution in [0.2, 0.25) is 0 Å². The molecule has 2 rings (SSSR count). The van der Waals surface area contributed by atoms with E-state index in [1.54, 1.807) is 11.9 Å². The fraction of sp³-hybridized carbons (Fsp3) is 0.500. The zero-order valence-corrected chi connectivity index (χ0v) is 12.0. The standard InChI is InChI=1S/C16H21NO3/c1-11-6-8-12(9-7-11)10-17(2)15(18)13-4-3-5-14(13)16(19)20/h6-9,13-14H,3-5,10H2,1-2H3,(H,19,20). The minimum absolute atomic E-state index is 0.0459. The fourth-order valence-corrected chi connectivity index (χ4v) is 2.88. The highest BCUT2D eigenvalue weighted by atomic mass is 16.4. The van der Waals surface area contributed by atoms with Crippen molar-refractivity contribution in [3.8, 4) is 0 Å². The third-order valence-electron chi connectivity index (χ3n) is 4.07. The van der Waals surface area contributed by atoms with Crippen LogP contribution < -0.4 is 0 Å². The van der Waals surface area contributed by atoms with Gasteiger partial charge >= 0.3 is 5.97 Å². The van der Waals surface area contributed by atoms with Gasteiger partial charge in [-0.05, 0) is 25.3 Å². The van der Waals surface area contributed by atoms with Crippen LogP contribution in [-0.2, 0) is 16.1 Å². The SMILES string of the molecule is Cc1ccc(CN(C)C(=O)C2CCCC2C(=O)O)cc1. The topological polar surface area (TPSA) is 57.6 Å². The Morgan fingerprint density at radius 2 is 1.80 bits per heavy atom. The molecule has 0 aliphatic heterocycles. The van der Waals surface area contributed by atoms with Gasteiger partial charge in [0.1, 0.15) is 0 Å². The van der Waals surface area contributed by atoms with Crippen molar-refractivity contribution in [2.45, 2.75) is 32.7 Å². The van der Waals surface area contributed by atoms with Gasteiger partial charge in [0.15, 0.2) is 0 Å². The molecule has 1 aromatic carbocycles. The summed E-state index contributed by atoms with van der Waals surface area (Å²) >= 11 is 0. The lowest BCUT2D eigenvalue weighted by molar-refractivity contribution is -0.148. The van der Waals surface area contributed by atoms with Crippen molar-refractivity contribution in [2.24, 2.45) is 11.8 Å². The summed E-state index contributed by atoms with van der Waals surface area (Å²) in [6.07, 6.45) is 2.13. The molecular formula is C16H21NO3. The monoisotopic (exact) mass is 275 g/mol. The third kappa shape index (κ3) is 3.18. The molecule has 1 aliphatic rings. The normalized spacial score (nSPS) is 21.7. The van der Waals surface area contributed by atoms with Crippen LogP contribution >= 0.6 is 0 Å². The van der Waals surface area contributed by atoms with Crippen LogP contribution in [0, 0.1) is 18.8 Å². The summed E-state index contributed by atoms with van der Waals surface area (Å²) in [7, 11) is 1.75. The van der Waals surface area contributed by atoms with Crippen molar-refractivity contribution in [1.82, 2.24) is 4.90 Å². The van der Waals surface area contributed by atoms with Crippen molar-refractivity contribution in [3.05, 3.63) is 35.4 Å². The number of amides is 1. The van der Waals surface area contributed by atoms with Crippen molar-refractivity contribution in [1.29, 1.82) is 0 Å². The van der Waals surface area contributed by atoms with E-state index in [1.165, 1.54) is 5.56 Å². The van der Waals surface area contributed by atoms with E-state index in [4.69, 9.17) is 5.11 Å². The number of benzene rings is 1. The molecule has 1 amide bonds. The smallest absolute Gasteiger partial charge is 0.307 e. The molecule has 0 aromatic heterocycles. The lowest BCUT2D eigenvalue weighted by atomic mass is 9.94. The maximum absolute atomic E-state index is 12.4. The van der Waals surface area contributed by atoms with Crippen LogP contribution in [0.5, 0.6) is 0 Å². The van der Waals surface area contributed by atoms with Gasteiger partial charge < -0.3 is 10.0 Å². The molecule has 1 fully saturated rings. The second-order valence-electron chi connectivity index (χ2n) is 5.66. The van der Waals surface area contributed by atoms with Gasteiger partial charge in [-0.25, -0.2) is 0 Å². The molecule has 0 saturated heterocycles. The van der Waals surface area contributed by atoms with Crippen LogP contribution in [-0.4, -0.2) is 28.9 Å². The second-order valence-corrected chi connectivity index (χ2v) is 5.66. The van der Waals surface area contributed by atoms with Crippen molar-refractivity contribution in [3.63, 3.8) is 0 Å². The van der Waals surface area contributed by atoms with E-state index in [2.05, 4.69) is 0 Å². The first-order valence-electron chi connectivity index (χ1n) is 7.02. The van der Waals surface area contributed by atoms with E-state index < -0.39 is 11.9 Å². The number of carboxylic acids is 1. The highest BCUT2D eigenvalue weighted by Crippen LogP contribution is 2.33. The maximum Gasteiger partial charge on any atom is 0.307 e. The molecule has 1 N–H and O–H groups in total. The molecule has 1 saturated carbocycles. The largest absolute Gasteiger partial charge is 0.481 e. The van der Waals surface area contributed by atoms with E-state index >= 15 is 0 Å². The number of carbonyl (C=O) groups is 2. The van der Waals surface area contributed by atoms with Gasteiger partial charge in [0.2, 0.25) is 5.91 Å². The molecule has 20 heavy (non-hydrogen) atoms. The number of carbonyl (C=O) groups excluding carboxylic acids is 1. The number of nitrogens with zero attached hydrogens (tertiary/aromatic N) is 1. The first kappa shape index (κ1) is 14.6. The summed E-state index contributed by atoms with van der Waals surface area (Å²) in [6.45, 7) is 2.55. The highest BCUT2D eigenvalue weighted by Gasteiger charge is 2.38. The molecule has 108 valence electrons. The summed E-state index contributed by atoms with van der Waals surface area (Å²) in [5.74, 6) is -1.76. The van der Waals surface area contributed by atoms with Crippen LogP contribution in [0.1, 0.15) is 30.4 Å². The number of aliphatic carboxylic acids is 1. The first-order chi connectivity index (χ1) is 9.49. The average Bonchev–Trinajstić information content (AvgIpc) is 2.90. The van der Waals surface area contributed by atoms with E-state index in [0.29, 0.717) is 19.4 Å². The molecule has 0 radical (unpaired) electrons. The van der Waals surface area contributed by atoms with E-state index in [9.17, 15) is 9.59 Å². The molecule has 2 unspecified atom stereocenters. The predicted octanol–water partition coefficient (Wildman–Crippen LogP) is 2.45. The zero-order valence-electron chi connectivity index (χ0n) is 12.0. The molecule has 1 aliphatic carbocycles. The van der Waals surface area contributed by atoms with Crippen molar-refractivity contribution >= 4 is 11.9 Å². The van der Waals surface area contributed by atoms with E-state index in [-0.39, 0.29) is 11.8 Å². The van der Waals surface area contributed by atoms with Gasteiger partial charge in [0.25, 0.3) is 0 Å². The molecular weight excluding hydrogens is 254 g/mol. The Hall–Kier alpha value is -1.84. The highest BCUT2D eigenvalue weighted by molar-refractivity contribution is 5.85. The van der Waals surface area contributed by atoms with Gasteiger partial charge in [0.05, 0.1) is 11.8 Å². The maximum atomic E-state index is 12.4. The summed E-state index contributed by atoms with van der Waals surface area (Å²) in [6, 6.07) is 8.04. The fourth-order valence-electron chi connectivity index (χ4n) is 2.88. The Morgan fingerprint density at radius 1 is 1.20 bits per heavy atom. The predicted molar refractivity (Wildman–Crippen MR) is 76.1 cm³/mol. The van der Waals surface area contributed by atoms with Gasteiger partial charge in [-0.2, -0.15) is 0 Å². The Balaban J connectivity index is 2.01. The second kappa shape index (κ2) is 6.07. The number of rotatable bonds is 4. The third-order valence-corrected chi connectivity index (χ3v) is 4.07. The van der Waals surface area contributed by atoms with Gasteiger partial charge in [-0.15, -0.1) is 0 Å². The lowest BCUT2D eigenvalue weighted by Crippen LogP contribution is -2.36. The van der Waals surface area contributed by atoms with Crippen LogP contribution in [0.3, 0.4) is 0 Å². The Bertz CT molecular complexity index is 495. The van der Waals surface area contributed by atoms with Gasteiger partial charge in [0, 0.05) is 13.6 Å². The molecule has 2 atom stereocenters. The molecule has 0 spiro atoms. The summed E-state index contributed by atoms with van der Waals surface area (Å²) in [5.41, 5.74) is 2.25. The summed E-state index contributed by atoms with van der Waals surface area (Å²) in [4.78, 5) is 25.2. The lowest BCUT2D eigenvalue weighted by Gasteiger charge is -2.23. The average molecular weight is 275 g/mol. The van der Waals surface area contributed by atoms with Crippen molar-refractivity contribution in [2.75, 3.05) is 7.05 Å². The molecule has 1 aromatic rings. The van der Waals surface area contributed by atoms with Gasteiger partial charge in [-0.1, -0.05) is 36.2 Å². The number of carboxylic acid groups (broad SMARTS) is 1. The van der Waals surface area contributed by atoms with Crippen LogP contribution in [0.4, 0.5) is 0 Å². The number of hydrogen-bond donors (Lipinski definition) is 1. The van der Waals surface area contributed by atoms with Crippen LogP contribution in [0.15, 0.2) is 24.3 Å². The minimum Gasteiger partial charge on any atom is -0.481 e. The summed E-state index contributed by atoms with van der Waals surface area (Å²) in [5, 5.41) is 9.16. The Labute approximate surface area is 119 Å². The van der Waals surface area contributed by atoms with E-state index in [0.717, 1.165) is 12.0 Å². The first-order valence-corrected chi connectivity index (χ1v) is 7.02. The quantitative estimate of drug-likeness (QED) is 0.918. The van der Waals surface area contributed by atoms with Crippen molar-refractivity contribution < 1.29 is 14.7 Å². The molecule has 4 heteroatoms. The Morgan fingerprint density at radius 3 is 2.40 bits per heavy atom. The van der Waals surface area contributed by atoms with Gasteiger partial charge in [-0.3, -0.25) is 9.59 Å². The Kier molecular flexibility index (Phi) is 4.42. The molecule has 4 nitrogen and oxygen atoms in total. The summed E-state index contributed by atoms with van der Waals surface area (Å²) < 4.78 is 0. The van der Waals surface area contributed by atoms with E-state index in [1.807, 2.05) is 31.2 Å². The molecule has 0 bridgehead atoms. The minimum atomic E-state index is -0.843. The molecule has 0 heterocycles. The zero-order chi connectivity index (χ0) is 14.7. The number of hydrogen-bond acceptors (Lipinski definition) is 2. The van der Waals surface area contributed by atoms with Crippen LogP contribution in [0.25, 0.3) is 0 Å². The number of aryl methyl sites for hydroxylation is 1.